The number of nitrogens with one attached hydrogen (secondary N) is 1. The summed E-state index contributed by atoms with van der Waals surface area (Å²) < 4.78 is 35.8. The fourth-order valence-corrected chi connectivity index (χ4v) is 4.01. The van der Waals surface area contributed by atoms with Gasteiger partial charge in [-0.3, -0.25) is 10.1 Å². The highest BCUT2D eigenvalue weighted by molar-refractivity contribution is 7.91. The third-order valence-electron chi connectivity index (χ3n) is 4.92. The van der Waals surface area contributed by atoms with E-state index in [1.807, 2.05) is 6.07 Å². The van der Waals surface area contributed by atoms with Crippen LogP contribution in [0.25, 0.3) is 11.1 Å². The number of hydrogen-bond donors (Lipinski definition) is 1. The van der Waals surface area contributed by atoms with E-state index < -0.39 is 21.8 Å². The molecule has 1 heterocycles. The van der Waals surface area contributed by atoms with Gasteiger partial charge in [-0.2, -0.15) is 10.2 Å². The van der Waals surface area contributed by atoms with Crippen molar-refractivity contribution in [1.82, 2.24) is 4.98 Å². The van der Waals surface area contributed by atoms with E-state index in [1.54, 1.807) is 55.5 Å². The van der Waals surface area contributed by atoms with E-state index in [9.17, 15) is 13.2 Å². The minimum Gasteiger partial charge on any atom is -0.476 e. The average Bonchev–Trinajstić information content (AvgIpc) is 3.25. The van der Waals surface area contributed by atoms with Crippen molar-refractivity contribution in [3.63, 3.8) is 0 Å². The molecule has 1 atom stereocenters. The van der Waals surface area contributed by atoms with Gasteiger partial charge in [-0.25, -0.2) is 8.42 Å². The Morgan fingerprint density at radius 2 is 1.79 bits per heavy atom. The number of anilines is 1. The molecular weight excluding hydrogens is 442 g/mol. The second-order valence-electron chi connectivity index (χ2n) is 7.08. The molecule has 3 aromatic carbocycles. The molecule has 1 amide bonds. The van der Waals surface area contributed by atoms with Crippen LogP contribution in [-0.4, -0.2) is 25.1 Å². The number of fused-ring (bicyclic) bond motifs is 1. The number of benzene rings is 3. The normalized spacial score (nSPS) is 12.1. The van der Waals surface area contributed by atoms with Gasteiger partial charge in [0.05, 0.1) is 22.3 Å². The van der Waals surface area contributed by atoms with Crippen LogP contribution in [0.2, 0.25) is 0 Å². The highest BCUT2D eigenvalue weighted by atomic mass is 32.2. The average molecular weight is 461 g/mol. The number of carbonyl (C=O) groups excluding carboxylic acids is 1. The van der Waals surface area contributed by atoms with E-state index in [1.165, 1.54) is 24.3 Å². The summed E-state index contributed by atoms with van der Waals surface area (Å²) in [5, 5.41) is 11.6. The summed E-state index contributed by atoms with van der Waals surface area (Å²) in [6.07, 6.45) is -1.13. The Kier molecular flexibility index (Phi) is 6.11. The predicted molar refractivity (Wildman–Crippen MR) is 121 cm³/mol. The third kappa shape index (κ3) is 4.86. The number of carbonyl (C=O) groups is 1. The molecule has 0 radical (unpaired) electrons. The fourth-order valence-electron chi connectivity index (χ4n) is 3.13. The highest BCUT2D eigenvalue weighted by Gasteiger charge is 2.25. The molecule has 0 bridgehead atoms. The van der Waals surface area contributed by atoms with Crippen LogP contribution in [0.15, 0.2) is 82.1 Å². The van der Waals surface area contributed by atoms with E-state index >= 15 is 0 Å². The van der Waals surface area contributed by atoms with Gasteiger partial charge in [-0.1, -0.05) is 31.2 Å². The first-order valence-electron chi connectivity index (χ1n) is 10.1. The molecule has 166 valence electrons. The van der Waals surface area contributed by atoms with Gasteiger partial charge >= 0.3 is 6.01 Å². The number of nitrogens with zero attached hydrogens (tertiary/aromatic N) is 2. The molecule has 8 nitrogen and oxygen atoms in total. The molecule has 9 heteroatoms. The van der Waals surface area contributed by atoms with Crippen LogP contribution in [-0.2, 0) is 14.6 Å². The summed E-state index contributed by atoms with van der Waals surface area (Å²) in [5.74, 6) is -0.232. The summed E-state index contributed by atoms with van der Waals surface area (Å²) in [6.45, 7) is 1.56. The maximum absolute atomic E-state index is 13.1. The molecule has 0 spiro atoms. The van der Waals surface area contributed by atoms with E-state index in [4.69, 9.17) is 14.4 Å². The van der Waals surface area contributed by atoms with Gasteiger partial charge in [-0.15, -0.1) is 0 Å². The second-order valence-corrected chi connectivity index (χ2v) is 9.36. The van der Waals surface area contributed by atoms with Crippen molar-refractivity contribution < 1.29 is 22.4 Å². The summed E-state index contributed by atoms with van der Waals surface area (Å²) in [4.78, 5) is 17.6. The standard InChI is InChI=1S/C24H19N3O5S/c1-2-33(29,30)19-13-9-17(10-14-19)22(31-18-11-7-16(15-25)8-12-18)23(28)27-24-26-20-5-3-4-6-21(20)32-24/h3-14,22H,2H2,1H3,(H,26,27,28). The number of hydrogen-bond acceptors (Lipinski definition) is 7. The molecule has 0 aliphatic carbocycles. The molecule has 0 aliphatic rings. The van der Waals surface area contributed by atoms with Gasteiger partial charge in [0.25, 0.3) is 5.91 Å². The van der Waals surface area contributed by atoms with Crippen molar-refractivity contribution in [3.8, 4) is 11.8 Å². The maximum atomic E-state index is 13.1. The number of sulfone groups is 1. The Bertz CT molecular complexity index is 1400. The lowest BCUT2D eigenvalue weighted by Gasteiger charge is -2.18. The van der Waals surface area contributed by atoms with E-state index in [0.29, 0.717) is 28.0 Å². The van der Waals surface area contributed by atoms with Crippen molar-refractivity contribution in [2.75, 3.05) is 11.1 Å². The van der Waals surface area contributed by atoms with E-state index in [-0.39, 0.29) is 16.7 Å². The summed E-state index contributed by atoms with van der Waals surface area (Å²) in [7, 11) is -3.39. The molecule has 33 heavy (non-hydrogen) atoms. The van der Waals surface area contributed by atoms with Gasteiger partial charge in [0.2, 0.25) is 6.10 Å². The Hall–Kier alpha value is -4.16. The molecule has 0 saturated heterocycles. The van der Waals surface area contributed by atoms with Crippen molar-refractivity contribution in [2.24, 2.45) is 0 Å². The lowest BCUT2D eigenvalue weighted by atomic mass is 10.1. The highest BCUT2D eigenvalue weighted by Crippen LogP contribution is 2.26. The molecule has 1 aromatic heterocycles. The number of para-hydroxylation sites is 2. The summed E-state index contributed by atoms with van der Waals surface area (Å²) in [6, 6.07) is 21.4. The Balaban J connectivity index is 1.65. The molecule has 1 N–H and O–H groups in total. The van der Waals surface area contributed by atoms with Gasteiger partial charge in [0.15, 0.2) is 15.4 Å². The third-order valence-corrected chi connectivity index (χ3v) is 6.67. The van der Waals surface area contributed by atoms with Crippen molar-refractivity contribution in [1.29, 1.82) is 5.26 Å². The number of nitriles is 1. The number of ether oxygens (including phenoxy) is 1. The Morgan fingerprint density at radius 3 is 2.42 bits per heavy atom. The quantitative estimate of drug-likeness (QED) is 0.436. The first-order valence-corrected chi connectivity index (χ1v) is 11.7. The number of rotatable bonds is 7. The maximum Gasteiger partial charge on any atom is 0.302 e. The van der Waals surface area contributed by atoms with Crippen molar-refractivity contribution >= 4 is 32.9 Å². The van der Waals surface area contributed by atoms with Crippen LogP contribution >= 0.6 is 0 Å². The minimum absolute atomic E-state index is 0.0137. The first kappa shape index (κ1) is 22.0. The molecule has 0 saturated carbocycles. The van der Waals surface area contributed by atoms with Crippen LogP contribution in [0.5, 0.6) is 5.75 Å². The van der Waals surface area contributed by atoms with Crippen molar-refractivity contribution in [2.45, 2.75) is 17.9 Å². The molecule has 4 rings (SSSR count). The van der Waals surface area contributed by atoms with Crippen LogP contribution in [0, 0.1) is 11.3 Å². The number of amides is 1. The van der Waals surface area contributed by atoms with E-state index in [2.05, 4.69) is 10.3 Å². The lowest BCUT2D eigenvalue weighted by molar-refractivity contribution is -0.123. The molecule has 4 aromatic rings. The largest absolute Gasteiger partial charge is 0.476 e. The SMILES string of the molecule is CCS(=O)(=O)c1ccc(C(Oc2ccc(C#N)cc2)C(=O)Nc2nc3ccccc3o2)cc1. The number of aromatic nitrogens is 1. The van der Waals surface area contributed by atoms with Crippen LogP contribution in [0.1, 0.15) is 24.2 Å². The van der Waals surface area contributed by atoms with Gasteiger partial charge in [-0.05, 0) is 48.5 Å². The van der Waals surface area contributed by atoms with Crippen molar-refractivity contribution in [3.05, 3.63) is 83.9 Å². The topological polar surface area (TPSA) is 122 Å². The monoisotopic (exact) mass is 461 g/mol. The van der Waals surface area contributed by atoms with Gasteiger partial charge in [0, 0.05) is 5.56 Å². The predicted octanol–water partition coefficient (Wildman–Crippen LogP) is 4.25. The second kappa shape index (κ2) is 9.14. The zero-order valence-electron chi connectivity index (χ0n) is 17.6. The van der Waals surface area contributed by atoms with Crippen LogP contribution in [0.3, 0.4) is 0 Å². The van der Waals surface area contributed by atoms with Crippen LogP contribution in [0.4, 0.5) is 6.01 Å². The number of oxazole rings is 1. The lowest BCUT2D eigenvalue weighted by Crippen LogP contribution is -2.26. The Labute approximate surface area is 190 Å². The van der Waals surface area contributed by atoms with E-state index in [0.717, 1.165) is 0 Å². The summed E-state index contributed by atoms with van der Waals surface area (Å²) in [5.41, 5.74) is 1.99. The Morgan fingerprint density at radius 1 is 1.09 bits per heavy atom. The minimum atomic E-state index is -3.39. The van der Waals surface area contributed by atoms with Crippen LogP contribution < -0.4 is 10.1 Å². The smallest absolute Gasteiger partial charge is 0.302 e. The molecule has 1 unspecified atom stereocenters. The fraction of sp³-hybridized carbons (Fsp3) is 0.125. The zero-order chi connectivity index (χ0) is 23.4. The van der Waals surface area contributed by atoms with Gasteiger partial charge in [0.1, 0.15) is 11.3 Å². The molecule has 0 fully saturated rings. The van der Waals surface area contributed by atoms with Gasteiger partial charge < -0.3 is 9.15 Å². The molecule has 0 aliphatic heterocycles. The summed E-state index contributed by atoms with van der Waals surface area (Å²) >= 11 is 0. The zero-order valence-corrected chi connectivity index (χ0v) is 18.4. The molecular formula is C24H19N3O5S. The first-order chi connectivity index (χ1) is 15.9.